The van der Waals surface area contributed by atoms with E-state index in [1.165, 1.54) is 19.1 Å². The molecule has 0 aromatic heterocycles. The van der Waals surface area contributed by atoms with Crippen molar-refractivity contribution in [3.8, 4) is 5.75 Å². The van der Waals surface area contributed by atoms with E-state index in [4.69, 9.17) is 9.47 Å². The van der Waals surface area contributed by atoms with E-state index < -0.39 is 18.0 Å². The van der Waals surface area contributed by atoms with E-state index in [0.29, 0.717) is 18.9 Å². The van der Waals surface area contributed by atoms with Gasteiger partial charge in [0.1, 0.15) is 11.3 Å². The Balaban J connectivity index is 1.56. The fourth-order valence-electron chi connectivity index (χ4n) is 2.74. The van der Waals surface area contributed by atoms with Crippen LogP contribution < -0.4 is 10.2 Å². The summed E-state index contributed by atoms with van der Waals surface area (Å²) in [6.07, 6.45) is -1.00. The molecule has 1 heterocycles. The number of phenolic OH excluding ortho intramolecular Hbond substituents is 1. The summed E-state index contributed by atoms with van der Waals surface area (Å²) in [5.74, 6) is -1.38. The van der Waals surface area contributed by atoms with E-state index in [1.807, 2.05) is 12.1 Å². The molecular formula is C20H22N2O5. The summed E-state index contributed by atoms with van der Waals surface area (Å²) in [6.45, 7) is 4.57. The molecule has 2 N–H and O–H groups in total. The van der Waals surface area contributed by atoms with Gasteiger partial charge in [0.15, 0.2) is 6.10 Å². The topological polar surface area (TPSA) is 88.1 Å². The summed E-state index contributed by atoms with van der Waals surface area (Å²) in [6, 6.07) is 13.5. The van der Waals surface area contributed by atoms with Gasteiger partial charge in [-0.3, -0.25) is 4.79 Å². The number of nitrogens with zero attached hydrogens (tertiary/aromatic N) is 1. The second-order valence-electron chi connectivity index (χ2n) is 6.20. The predicted molar refractivity (Wildman–Crippen MR) is 101 cm³/mol. The first kappa shape index (κ1) is 18.7. The second-order valence-corrected chi connectivity index (χ2v) is 6.20. The molecule has 0 radical (unpaired) electrons. The van der Waals surface area contributed by atoms with Crippen molar-refractivity contribution in [1.82, 2.24) is 0 Å². The van der Waals surface area contributed by atoms with Crippen molar-refractivity contribution in [2.45, 2.75) is 13.0 Å². The highest BCUT2D eigenvalue weighted by molar-refractivity contribution is 5.98. The average molecular weight is 370 g/mol. The maximum Gasteiger partial charge on any atom is 0.342 e. The van der Waals surface area contributed by atoms with Crippen molar-refractivity contribution in [3.05, 3.63) is 54.1 Å². The van der Waals surface area contributed by atoms with Gasteiger partial charge >= 0.3 is 5.97 Å². The quantitative estimate of drug-likeness (QED) is 0.786. The SMILES string of the molecule is C[C@H](OC(=O)c1ccccc1O)C(=O)Nc1ccc(N2CCOCC2)cc1. The molecule has 1 aliphatic rings. The van der Waals surface area contributed by atoms with Gasteiger partial charge in [-0.2, -0.15) is 0 Å². The van der Waals surface area contributed by atoms with E-state index in [0.717, 1.165) is 18.8 Å². The molecule has 2 aromatic carbocycles. The Kier molecular flexibility index (Phi) is 5.93. The number of carbonyl (C=O) groups is 2. The van der Waals surface area contributed by atoms with Crippen LogP contribution >= 0.6 is 0 Å². The largest absolute Gasteiger partial charge is 0.507 e. The van der Waals surface area contributed by atoms with Crippen molar-refractivity contribution in [1.29, 1.82) is 0 Å². The van der Waals surface area contributed by atoms with Crippen molar-refractivity contribution >= 4 is 23.3 Å². The molecule has 27 heavy (non-hydrogen) atoms. The number of hydrogen-bond donors (Lipinski definition) is 2. The number of morpholine rings is 1. The van der Waals surface area contributed by atoms with Crippen LogP contribution in [-0.2, 0) is 14.3 Å². The van der Waals surface area contributed by atoms with Crippen molar-refractivity contribution < 1.29 is 24.2 Å². The van der Waals surface area contributed by atoms with Crippen molar-refractivity contribution in [2.75, 3.05) is 36.5 Å². The first-order valence-corrected chi connectivity index (χ1v) is 8.77. The molecular weight excluding hydrogens is 348 g/mol. The number of benzene rings is 2. The number of carbonyl (C=O) groups excluding carboxylic acids is 2. The smallest absolute Gasteiger partial charge is 0.342 e. The summed E-state index contributed by atoms with van der Waals surface area (Å²) in [5, 5.41) is 12.4. The normalized spacial score (nSPS) is 15.1. The third-order valence-corrected chi connectivity index (χ3v) is 4.29. The monoisotopic (exact) mass is 370 g/mol. The number of anilines is 2. The Morgan fingerprint density at radius 1 is 1.11 bits per heavy atom. The number of amides is 1. The first-order valence-electron chi connectivity index (χ1n) is 8.77. The minimum atomic E-state index is -1.00. The van der Waals surface area contributed by atoms with Crippen LogP contribution in [0.1, 0.15) is 17.3 Å². The van der Waals surface area contributed by atoms with Crippen LogP contribution in [0.4, 0.5) is 11.4 Å². The third-order valence-electron chi connectivity index (χ3n) is 4.29. The highest BCUT2D eigenvalue weighted by Gasteiger charge is 2.21. The Labute approximate surface area is 157 Å². The summed E-state index contributed by atoms with van der Waals surface area (Å²) in [5.41, 5.74) is 1.70. The lowest BCUT2D eigenvalue weighted by atomic mass is 10.2. The molecule has 7 nitrogen and oxygen atoms in total. The van der Waals surface area contributed by atoms with Gasteiger partial charge in [0.05, 0.1) is 13.2 Å². The minimum absolute atomic E-state index is 0.0204. The lowest BCUT2D eigenvalue weighted by Gasteiger charge is -2.28. The van der Waals surface area contributed by atoms with Gasteiger partial charge in [-0.1, -0.05) is 12.1 Å². The molecule has 0 unspecified atom stereocenters. The molecule has 0 spiro atoms. The molecule has 1 atom stereocenters. The van der Waals surface area contributed by atoms with Crippen LogP contribution in [-0.4, -0.2) is 49.4 Å². The van der Waals surface area contributed by atoms with Gasteiger partial charge in [0.25, 0.3) is 5.91 Å². The van der Waals surface area contributed by atoms with Gasteiger partial charge < -0.3 is 24.8 Å². The van der Waals surface area contributed by atoms with Crippen LogP contribution in [0, 0.1) is 0 Å². The molecule has 1 amide bonds. The highest BCUT2D eigenvalue weighted by atomic mass is 16.5. The summed E-state index contributed by atoms with van der Waals surface area (Å²) in [4.78, 5) is 26.6. The standard InChI is InChI=1S/C20H22N2O5/c1-14(27-20(25)17-4-2-3-5-18(17)23)19(24)21-15-6-8-16(9-7-15)22-10-12-26-13-11-22/h2-9,14,23H,10-13H2,1H3,(H,21,24)/t14-/m0/s1. The zero-order valence-corrected chi connectivity index (χ0v) is 15.1. The van der Waals surface area contributed by atoms with Gasteiger partial charge in [-0.25, -0.2) is 4.79 Å². The molecule has 1 saturated heterocycles. The van der Waals surface area contributed by atoms with Gasteiger partial charge in [0, 0.05) is 24.5 Å². The number of aromatic hydroxyl groups is 1. The van der Waals surface area contributed by atoms with Crippen molar-refractivity contribution in [2.24, 2.45) is 0 Å². The van der Waals surface area contributed by atoms with E-state index in [2.05, 4.69) is 10.2 Å². The highest BCUT2D eigenvalue weighted by Crippen LogP contribution is 2.20. The second kappa shape index (κ2) is 8.55. The Bertz CT molecular complexity index is 800. The van der Waals surface area contributed by atoms with E-state index in [-0.39, 0.29) is 11.3 Å². The average Bonchev–Trinajstić information content (AvgIpc) is 2.69. The fourth-order valence-corrected chi connectivity index (χ4v) is 2.74. The number of para-hydroxylation sites is 1. The molecule has 0 saturated carbocycles. The minimum Gasteiger partial charge on any atom is -0.507 e. The zero-order valence-electron chi connectivity index (χ0n) is 15.1. The zero-order chi connectivity index (χ0) is 19.2. The van der Waals surface area contributed by atoms with E-state index in [1.54, 1.807) is 24.3 Å². The summed E-state index contributed by atoms with van der Waals surface area (Å²) in [7, 11) is 0. The van der Waals surface area contributed by atoms with Gasteiger partial charge in [-0.15, -0.1) is 0 Å². The van der Waals surface area contributed by atoms with Crippen LogP contribution in [0.5, 0.6) is 5.75 Å². The molecule has 1 fully saturated rings. The molecule has 142 valence electrons. The van der Waals surface area contributed by atoms with Crippen LogP contribution in [0.2, 0.25) is 0 Å². The lowest BCUT2D eigenvalue weighted by Crippen LogP contribution is -2.36. The van der Waals surface area contributed by atoms with Gasteiger partial charge in [0.2, 0.25) is 0 Å². The lowest BCUT2D eigenvalue weighted by molar-refractivity contribution is -0.123. The van der Waals surface area contributed by atoms with Crippen LogP contribution in [0.15, 0.2) is 48.5 Å². The van der Waals surface area contributed by atoms with Crippen molar-refractivity contribution in [3.63, 3.8) is 0 Å². The number of hydrogen-bond acceptors (Lipinski definition) is 6. The molecule has 2 aromatic rings. The predicted octanol–water partition coefficient (Wildman–Crippen LogP) is 2.41. The fraction of sp³-hybridized carbons (Fsp3) is 0.300. The molecule has 0 bridgehead atoms. The number of ether oxygens (including phenoxy) is 2. The molecule has 1 aliphatic heterocycles. The number of rotatable bonds is 5. The van der Waals surface area contributed by atoms with E-state index in [9.17, 15) is 14.7 Å². The number of phenols is 1. The Morgan fingerprint density at radius 3 is 2.44 bits per heavy atom. The number of esters is 1. The molecule has 7 heteroatoms. The maximum atomic E-state index is 12.3. The number of nitrogens with one attached hydrogen (secondary N) is 1. The Morgan fingerprint density at radius 2 is 1.78 bits per heavy atom. The summed E-state index contributed by atoms with van der Waals surface area (Å²) >= 11 is 0. The van der Waals surface area contributed by atoms with Crippen LogP contribution in [0.3, 0.4) is 0 Å². The van der Waals surface area contributed by atoms with Gasteiger partial charge in [-0.05, 0) is 43.3 Å². The third kappa shape index (κ3) is 4.77. The maximum absolute atomic E-state index is 12.3. The molecule has 0 aliphatic carbocycles. The Hall–Kier alpha value is -3.06. The first-order chi connectivity index (χ1) is 13.0. The molecule has 3 rings (SSSR count). The van der Waals surface area contributed by atoms with Crippen LogP contribution in [0.25, 0.3) is 0 Å². The summed E-state index contributed by atoms with van der Waals surface area (Å²) < 4.78 is 10.5. The van der Waals surface area contributed by atoms with E-state index >= 15 is 0 Å².